The van der Waals surface area contributed by atoms with Gasteiger partial charge in [-0.3, -0.25) is 9.48 Å². The summed E-state index contributed by atoms with van der Waals surface area (Å²) in [5.74, 6) is -0.0988. The first-order valence-electron chi connectivity index (χ1n) is 6.09. The van der Waals surface area contributed by atoms with Crippen LogP contribution in [0.15, 0.2) is 35.1 Å². The normalized spacial score (nSPS) is 11.7. The largest absolute Gasteiger partial charge is 0.392 e. The summed E-state index contributed by atoms with van der Waals surface area (Å²) in [4.78, 5) is 12.1. The van der Waals surface area contributed by atoms with Gasteiger partial charge in [0.15, 0.2) is 0 Å². The molecule has 1 aromatic heterocycles. The van der Waals surface area contributed by atoms with E-state index < -0.39 is 9.84 Å². The van der Waals surface area contributed by atoms with E-state index in [-0.39, 0.29) is 23.5 Å². The van der Waals surface area contributed by atoms with E-state index in [2.05, 4.69) is 0 Å². The number of hydrogen-bond donors (Lipinski definition) is 1. The van der Waals surface area contributed by atoms with Crippen molar-refractivity contribution in [1.29, 1.82) is 0 Å². The van der Waals surface area contributed by atoms with Gasteiger partial charge in [0.05, 0.1) is 18.0 Å². The summed E-state index contributed by atoms with van der Waals surface area (Å²) in [6.45, 7) is 0.0885. The minimum absolute atomic E-state index is 0.0885. The Labute approximate surface area is 117 Å². The van der Waals surface area contributed by atoms with Crippen LogP contribution in [0.2, 0.25) is 0 Å². The fourth-order valence-corrected chi connectivity index (χ4v) is 2.62. The molecule has 0 saturated heterocycles. The number of benzene rings is 1. The Morgan fingerprint density at radius 2 is 1.80 bits per heavy atom. The standard InChI is InChI=1S/C13H17N3O3S/c1-15-12(10-6-4-3-5-7-10)11(14)13(17)16(15)8-9-20(2,18)19/h3-7H,8-9,14H2,1-2H3. The molecular formula is C13H17N3O3S. The number of anilines is 1. The SMILES string of the molecule is Cn1c(-c2ccccc2)c(N)c(=O)n1CCS(C)(=O)=O. The van der Waals surface area contributed by atoms with E-state index in [9.17, 15) is 13.2 Å². The molecule has 0 amide bonds. The van der Waals surface area contributed by atoms with Crippen molar-refractivity contribution in [3.05, 3.63) is 40.7 Å². The number of nitrogens with two attached hydrogens (primary N) is 1. The molecule has 20 heavy (non-hydrogen) atoms. The van der Waals surface area contributed by atoms with Crippen molar-refractivity contribution < 1.29 is 8.42 Å². The molecule has 7 heteroatoms. The van der Waals surface area contributed by atoms with E-state index in [1.807, 2.05) is 30.3 Å². The maximum Gasteiger partial charge on any atom is 0.290 e. The van der Waals surface area contributed by atoms with Crippen molar-refractivity contribution in [2.45, 2.75) is 6.54 Å². The Balaban J connectivity index is 2.50. The summed E-state index contributed by atoms with van der Waals surface area (Å²) in [7, 11) is -1.44. The highest BCUT2D eigenvalue weighted by Gasteiger charge is 2.17. The molecule has 6 nitrogen and oxygen atoms in total. The first kappa shape index (κ1) is 14.4. The van der Waals surface area contributed by atoms with Gasteiger partial charge < -0.3 is 5.73 Å². The predicted molar refractivity (Wildman–Crippen MR) is 79.2 cm³/mol. The Morgan fingerprint density at radius 1 is 1.20 bits per heavy atom. The molecule has 0 aliphatic carbocycles. The number of sulfone groups is 1. The minimum Gasteiger partial charge on any atom is -0.392 e. The smallest absolute Gasteiger partial charge is 0.290 e. The van der Waals surface area contributed by atoms with E-state index in [0.29, 0.717) is 5.69 Å². The molecule has 108 valence electrons. The molecule has 0 atom stereocenters. The van der Waals surface area contributed by atoms with Gasteiger partial charge in [0.2, 0.25) is 0 Å². The quantitative estimate of drug-likeness (QED) is 0.889. The van der Waals surface area contributed by atoms with Crippen molar-refractivity contribution in [3.63, 3.8) is 0 Å². The number of hydrogen-bond acceptors (Lipinski definition) is 4. The number of aromatic nitrogens is 2. The van der Waals surface area contributed by atoms with Crippen molar-refractivity contribution in [2.75, 3.05) is 17.7 Å². The van der Waals surface area contributed by atoms with Gasteiger partial charge in [-0.25, -0.2) is 13.1 Å². The predicted octanol–water partition coefficient (Wildman–Crippen LogP) is 0.481. The monoisotopic (exact) mass is 295 g/mol. The van der Waals surface area contributed by atoms with Crippen LogP contribution in [0.1, 0.15) is 0 Å². The molecule has 2 aromatic rings. The van der Waals surface area contributed by atoms with Crippen LogP contribution in [-0.4, -0.2) is 29.8 Å². The molecule has 0 aliphatic heterocycles. The van der Waals surface area contributed by atoms with Gasteiger partial charge in [-0.2, -0.15) is 0 Å². The second-order valence-electron chi connectivity index (χ2n) is 4.71. The Hall–Kier alpha value is -2.02. The third kappa shape index (κ3) is 2.77. The molecule has 1 heterocycles. The summed E-state index contributed by atoms with van der Waals surface area (Å²) in [5, 5.41) is 0. The van der Waals surface area contributed by atoms with Crippen LogP contribution in [0, 0.1) is 0 Å². The van der Waals surface area contributed by atoms with Gasteiger partial charge in [-0.1, -0.05) is 30.3 Å². The Kier molecular flexibility index (Phi) is 3.71. The van der Waals surface area contributed by atoms with Crippen LogP contribution >= 0.6 is 0 Å². The molecule has 0 bridgehead atoms. The van der Waals surface area contributed by atoms with Crippen molar-refractivity contribution in [2.24, 2.45) is 7.05 Å². The van der Waals surface area contributed by atoms with E-state index in [4.69, 9.17) is 5.73 Å². The van der Waals surface area contributed by atoms with Gasteiger partial charge in [0, 0.05) is 18.9 Å². The third-order valence-electron chi connectivity index (χ3n) is 3.13. The molecule has 0 aliphatic rings. The van der Waals surface area contributed by atoms with E-state index in [1.165, 1.54) is 4.68 Å². The lowest BCUT2D eigenvalue weighted by molar-refractivity contribution is 0.517. The maximum atomic E-state index is 12.1. The van der Waals surface area contributed by atoms with Crippen molar-refractivity contribution in [3.8, 4) is 11.3 Å². The Bertz CT molecular complexity index is 773. The first-order chi connectivity index (χ1) is 9.31. The average Bonchev–Trinajstić information content (AvgIpc) is 2.59. The van der Waals surface area contributed by atoms with Gasteiger partial charge >= 0.3 is 0 Å². The third-order valence-corrected chi connectivity index (χ3v) is 4.05. The van der Waals surface area contributed by atoms with Gasteiger partial charge in [0.25, 0.3) is 5.56 Å². The Morgan fingerprint density at radius 3 is 2.35 bits per heavy atom. The van der Waals surface area contributed by atoms with Crippen LogP contribution < -0.4 is 11.3 Å². The highest BCUT2D eigenvalue weighted by Crippen LogP contribution is 2.22. The van der Waals surface area contributed by atoms with E-state index >= 15 is 0 Å². The van der Waals surface area contributed by atoms with Crippen LogP contribution in [0.3, 0.4) is 0 Å². The second-order valence-corrected chi connectivity index (χ2v) is 6.97. The molecule has 0 unspecified atom stereocenters. The van der Waals surface area contributed by atoms with Gasteiger partial charge in [-0.05, 0) is 0 Å². The second kappa shape index (κ2) is 5.16. The molecule has 2 N–H and O–H groups in total. The lowest BCUT2D eigenvalue weighted by Crippen LogP contribution is -2.26. The lowest BCUT2D eigenvalue weighted by Gasteiger charge is -2.09. The maximum absolute atomic E-state index is 12.1. The summed E-state index contributed by atoms with van der Waals surface area (Å²) in [6.07, 6.45) is 1.14. The van der Waals surface area contributed by atoms with E-state index in [1.54, 1.807) is 11.7 Å². The zero-order chi connectivity index (χ0) is 14.9. The van der Waals surface area contributed by atoms with Crippen LogP contribution in [-0.2, 0) is 23.4 Å². The van der Waals surface area contributed by atoms with Crippen LogP contribution in [0.25, 0.3) is 11.3 Å². The molecule has 0 radical (unpaired) electrons. The van der Waals surface area contributed by atoms with Crippen molar-refractivity contribution in [1.82, 2.24) is 9.36 Å². The summed E-state index contributed by atoms with van der Waals surface area (Å²) >= 11 is 0. The fourth-order valence-electron chi connectivity index (χ4n) is 2.11. The lowest BCUT2D eigenvalue weighted by atomic mass is 10.1. The molecule has 0 spiro atoms. The van der Waals surface area contributed by atoms with Crippen molar-refractivity contribution >= 4 is 15.5 Å². The first-order valence-corrected chi connectivity index (χ1v) is 8.15. The van der Waals surface area contributed by atoms with Gasteiger partial charge in [-0.15, -0.1) is 0 Å². The number of nitrogens with zero attached hydrogens (tertiary/aromatic N) is 2. The summed E-state index contributed by atoms with van der Waals surface area (Å²) in [6, 6.07) is 9.29. The van der Waals surface area contributed by atoms with E-state index in [0.717, 1.165) is 11.8 Å². The molecule has 0 fully saturated rings. The fraction of sp³-hybridized carbons (Fsp3) is 0.308. The molecule has 0 saturated carbocycles. The molecule has 2 rings (SSSR count). The van der Waals surface area contributed by atoms with Gasteiger partial charge in [0.1, 0.15) is 15.5 Å². The topological polar surface area (TPSA) is 87.1 Å². The summed E-state index contributed by atoms with van der Waals surface area (Å²) < 4.78 is 25.4. The average molecular weight is 295 g/mol. The number of nitrogen functional groups attached to an aromatic ring is 1. The zero-order valence-electron chi connectivity index (χ0n) is 11.4. The highest BCUT2D eigenvalue weighted by atomic mass is 32.2. The summed E-state index contributed by atoms with van der Waals surface area (Å²) in [5.41, 5.74) is 7.06. The highest BCUT2D eigenvalue weighted by molar-refractivity contribution is 7.90. The molecular weight excluding hydrogens is 278 g/mol. The van der Waals surface area contributed by atoms with Crippen LogP contribution in [0.4, 0.5) is 5.69 Å². The number of rotatable bonds is 4. The minimum atomic E-state index is -3.14. The zero-order valence-corrected chi connectivity index (χ0v) is 12.2. The van der Waals surface area contributed by atoms with Crippen LogP contribution in [0.5, 0.6) is 0 Å². The molecule has 1 aromatic carbocycles.